The van der Waals surface area contributed by atoms with Crippen molar-refractivity contribution in [2.45, 2.75) is 77.7 Å². The number of nitrogens with zero attached hydrogens (tertiary/aromatic N) is 8. The van der Waals surface area contributed by atoms with E-state index in [4.69, 9.17) is 22.4 Å². The van der Waals surface area contributed by atoms with Crippen molar-refractivity contribution in [2.75, 3.05) is 29.0 Å². The first kappa shape index (κ1) is 42.0. The predicted octanol–water partition coefficient (Wildman–Crippen LogP) is 5.94. The molecule has 0 radical (unpaired) electrons. The molecule has 0 aliphatic carbocycles. The molecule has 4 aromatic heterocycles. The molecule has 8 rings (SSSR count). The van der Waals surface area contributed by atoms with Gasteiger partial charge >= 0.3 is 0 Å². The summed E-state index contributed by atoms with van der Waals surface area (Å²) in [5.41, 5.74) is 10.5. The zero-order chi connectivity index (χ0) is 41.0. The van der Waals surface area contributed by atoms with Gasteiger partial charge in [-0.3, -0.25) is 19.0 Å². The Morgan fingerprint density at radius 3 is 1.72 bits per heavy atom. The molecule has 0 spiro atoms. The lowest BCUT2D eigenvalue weighted by atomic mass is 9.95. The predicted molar refractivity (Wildman–Crippen MR) is 226 cm³/mol. The van der Waals surface area contributed by atoms with Crippen LogP contribution in [0.1, 0.15) is 74.9 Å². The molecule has 2 unspecified atom stereocenters. The molecule has 4 atom stereocenters. The van der Waals surface area contributed by atoms with Gasteiger partial charge in [0.25, 0.3) is 0 Å². The average molecular weight is 927 g/mol. The highest BCUT2D eigenvalue weighted by molar-refractivity contribution is 9.10. The second-order valence-electron chi connectivity index (χ2n) is 13.7. The third-order valence-electron chi connectivity index (χ3n) is 8.92. The Bertz CT molecular complexity index is 2420. The maximum Gasteiger partial charge on any atom is 0.238 e. The zero-order valence-corrected chi connectivity index (χ0v) is 35.6. The Kier molecular flexibility index (Phi) is 13.5. The fourth-order valence-electron chi connectivity index (χ4n) is 6.37. The van der Waals surface area contributed by atoms with Gasteiger partial charge < -0.3 is 31.9 Å². The molecule has 2 amide bonds. The number of hydrogen-bond donors (Lipinski definition) is 6. The molecule has 7 N–H and O–H groups in total. The number of nitrogens with two attached hydrogens (primary N) is 1. The summed E-state index contributed by atoms with van der Waals surface area (Å²) in [5.74, 6) is -0.981. The molecule has 0 saturated carbocycles. The van der Waals surface area contributed by atoms with E-state index in [2.05, 4.69) is 91.8 Å². The first-order valence-electron chi connectivity index (χ1n) is 18.5. The smallest absolute Gasteiger partial charge is 0.238 e. The van der Waals surface area contributed by atoms with Crippen molar-refractivity contribution >= 4 is 94.7 Å². The topological polar surface area (TPSA) is 224 Å². The van der Waals surface area contributed by atoms with Gasteiger partial charge in [-0.15, -0.1) is 0 Å². The van der Waals surface area contributed by atoms with Crippen LogP contribution in [-0.2, 0) is 22.7 Å². The fourth-order valence-corrected chi connectivity index (χ4v) is 7.30. The minimum absolute atomic E-state index is 0.0931. The molecule has 19 heteroatoms. The van der Waals surface area contributed by atoms with Crippen LogP contribution in [0.2, 0.25) is 5.28 Å². The molecular weight excluding hydrogens is 884 g/mol. The zero-order valence-electron chi connectivity index (χ0n) is 31.7. The number of benzene rings is 2. The summed E-state index contributed by atoms with van der Waals surface area (Å²) in [6.07, 6.45) is 4.78. The van der Waals surface area contributed by atoms with Crippen LogP contribution in [0.4, 0.5) is 17.3 Å². The molecule has 300 valence electrons. The molecule has 2 aliphatic heterocycles. The van der Waals surface area contributed by atoms with Gasteiger partial charge in [-0.2, -0.15) is 20.2 Å². The molecule has 6 heterocycles. The fraction of sp³-hybridized carbons (Fsp3) is 0.368. The van der Waals surface area contributed by atoms with Crippen LogP contribution in [0.15, 0.2) is 57.7 Å². The van der Waals surface area contributed by atoms with Crippen LogP contribution in [-0.4, -0.2) is 86.8 Å². The van der Waals surface area contributed by atoms with E-state index in [1.54, 1.807) is 13.8 Å². The monoisotopic (exact) mass is 924 g/mol. The van der Waals surface area contributed by atoms with Crippen LogP contribution in [0.5, 0.6) is 0 Å². The SMILES string of the molecule is CCCn1cc2c(C3C(=O)Nc4ccc(Br)cc43)nc(Cl)nc2n1.CCCn1cc2c(C3C(=O)Nc4ccc(Br)cc43)nc(NC[C@H](C)O)nc2n1.C[C@H](O)CN. The Hall–Kier alpha value is -4.59. The van der Waals surface area contributed by atoms with E-state index in [9.17, 15) is 14.7 Å². The van der Waals surface area contributed by atoms with Crippen LogP contribution < -0.4 is 21.7 Å². The highest BCUT2D eigenvalue weighted by Gasteiger charge is 2.37. The van der Waals surface area contributed by atoms with E-state index in [1.165, 1.54) is 0 Å². The first-order valence-corrected chi connectivity index (χ1v) is 20.4. The maximum absolute atomic E-state index is 12.8. The molecule has 2 aliphatic rings. The van der Waals surface area contributed by atoms with Gasteiger partial charge in [0.15, 0.2) is 11.3 Å². The normalized spacial score (nSPS) is 16.5. The summed E-state index contributed by atoms with van der Waals surface area (Å²) < 4.78 is 5.44. The number of aliphatic hydroxyl groups excluding tert-OH is 2. The number of anilines is 3. The third kappa shape index (κ3) is 9.59. The van der Waals surface area contributed by atoms with Crippen molar-refractivity contribution in [3.63, 3.8) is 0 Å². The summed E-state index contributed by atoms with van der Waals surface area (Å²) in [4.78, 5) is 43.1. The molecule has 0 bridgehead atoms. The molecule has 16 nitrogen and oxygen atoms in total. The van der Waals surface area contributed by atoms with Gasteiger partial charge in [0.2, 0.25) is 23.0 Å². The second kappa shape index (κ2) is 18.3. The first-order chi connectivity index (χ1) is 27.3. The van der Waals surface area contributed by atoms with Gasteiger partial charge in [-0.25, -0.2) is 9.97 Å². The largest absolute Gasteiger partial charge is 0.392 e. The van der Waals surface area contributed by atoms with Crippen LogP contribution >= 0.6 is 43.5 Å². The molecule has 2 aromatic carbocycles. The van der Waals surface area contributed by atoms with Gasteiger partial charge in [0.1, 0.15) is 11.8 Å². The third-order valence-corrected chi connectivity index (χ3v) is 10.1. The number of hydrogen-bond acceptors (Lipinski definition) is 12. The van der Waals surface area contributed by atoms with Crippen LogP contribution in [0, 0.1) is 0 Å². The van der Waals surface area contributed by atoms with Crippen molar-refractivity contribution < 1.29 is 19.8 Å². The van der Waals surface area contributed by atoms with Crippen LogP contribution in [0.3, 0.4) is 0 Å². The number of halogens is 3. The van der Waals surface area contributed by atoms with Crippen molar-refractivity contribution in [3.05, 3.63) is 85.5 Å². The Balaban J connectivity index is 0.000000174. The standard InChI is InChI=1S/C19H21BrN6O2.C16H13BrClN5O.C3H9NO/c1-3-6-26-9-13-16(23-19(21-8-10(2)27)24-17(13)25-26)15-12-7-11(20)4-5-14(12)22-18(15)28;1-2-5-23-7-10-13(20-16(18)21-14(10)22-23)12-9-6-8(17)3-4-11(9)19-15(12)24;1-3(5)2-4/h4-5,7,9-10,15,27H,3,6,8H2,1-2H3,(H,22,28)(H,21,24,25);3-4,6-7,12H,2,5H2,1H3,(H,19,24);3,5H,2,4H2,1H3/t10-,15?;;3-/m0.0/s1. The number of rotatable bonds is 10. The molecule has 0 fully saturated rings. The van der Waals surface area contributed by atoms with Crippen LogP contribution in [0.25, 0.3) is 22.1 Å². The number of aryl methyl sites for hydroxylation is 2. The minimum atomic E-state index is -0.552. The van der Waals surface area contributed by atoms with E-state index in [0.717, 1.165) is 68.2 Å². The number of fused-ring (bicyclic) bond motifs is 4. The summed E-state index contributed by atoms with van der Waals surface area (Å²) in [7, 11) is 0. The Morgan fingerprint density at radius 1 is 0.789 bits per heavy atom. The lowest BCUT2D eigenvalue weighted by molar-refractivity contribution is -0.117. The summed E-state index contributed by atoms with van der Waals surface area (Å²) in [6.45, 7) is 9.68. The van der Waals surface area contributed by atoms with Crippen molar-refractivity contribution in [3.8, 4) is 0 Å². The lowest BCUT2D eigenvalue weighted by Gasteiger charge is -2.12. The minimum Gasteiger partial charge on any atom is -0.392 e. The summed E-state index contributed by atoms with van der Waals surface area (Å²) >= 11 is 13.0. The number of aliphatic hydroxyl groups is 2. The highest BCUT2D eigenvalue weighted by atomic mass is 79.9. The Labute approximate surface area is 350 Å². The van der Waals surface area contributed by atoms with Crippen molar-refractivity contribution in [1.82, 2.24) is 39.5 Å². The highest BCUT2D eigenvalue weighted by Crippen LogP contribution is 2.41. The molecule has 6 aromatic rings. The summed E-state index contributed by atoms with van der Waals surface area (Å²) in [6, 6.07) is 11.4. The molecular formula is C38H43Br2ClN12O4. The van der Waals surface area contributed by atoms with Crippen molar-refractivity contribution in [1.29, 1.82) is 0 Å². The van der Waals surface area contributed by atoms with Gasteiger partial charge in [-0.05, 0) is 85.8 Å². The number of aromatic nitrogens is 8. The number of amides is 2. The molecule has 0 saturated heterocycles. The van der Waals surface area contributed by atoms with E-state index < -0.39 is 17.9 Å². The lowest BCUT2D eigenvalue weighted by Crippen LogP contribution is -2.19. The van der Waals surface area contributed by atoms with E-state index in [-0.39, 0.29) is 23.2 Å². The van der Waals surface area contributed by atoms with Gasteiger partial charge in [0.05, 0.1) is 34.4 Å². The van der Waals surface area contributed by atoms with E-state index >= 15 is 0 Å². The average Bonchev–Trinajstić information content (AvgIpc) is 3.92. The van der Waals surface area contributed by atoms with Crippen molar-refractivity contribution in [2.24, 2.45) is 5.73 Å². The summed E-state index contributed by atoms with van der Waals surface area (Å²) in [5, 5.41) is 37.2. The van der Waals surface area contributed by atoms with E-state index in [1.807, 2.05) is 58.2 Å². The number of carbonyl (C=O) groups is 2. The maximum atomic E-state index is 12.8. The van der Waals surface area contributed by atoms with Gasteiger partial charge in [-0.1, -0.05) is 45.7 Å². The van der Waals surface area contributed by atoms with Gasteiger partial charge in [0, 0.05) is 58.9 Å². The quantitative estimate of drug-likeness (QED) is 0.0879. The molecule has 57 heavy (non-hydrogen) atoms. The number of nitrogens with one attached hydrogen (secondary N) is 3. The Morgan fingerprint density at radius 2 is 1.26 bits per heavy atom. The number of carbonyl (C=O) groups excluding carboxylic acids is 2. The second-order valence-corrected chi connectivity index (χ2v) is 15.9. The van der Waals surface area contributed by atoms with E-state index in [0.29, 0.717) is 41.7 Å².